The van der Waals surface area contributed by atoms with Crippen molar-refractivity contribution >= 4 is 13.9 Å². The first-order valence-corrected chi connectivity index (χ1v) is 3.14. The molecule has 0 aliphatic heterocycles. The zero-order chi connectivity index (χ0) is 5.86. The number of hydrogen-bond donors (Lipinski definition) is 2. The van der Waals surface area contributed by atoms with Gasteiger partial charge in [0, 0.05) is 6.42 Å². The maximum Gasteiger partial charge on any atom is 0.237 e. The van der Waals surface area contributed by atoms with E-state index in [1.807, 2.05) is 0 Å². The molecule has 3 nitrogen and oxygen atoms in total. The van der Waals surface area contributed by atoms with E-state index in [0.29, 0.717) is 0 Å². The van der Waals surface area contributed by atoms with Crippen molar-refractivity contribution in [2.24, 2.45) is 0 Å². The summed E-state index contributed by atoms with van der Waals surface area (Å²) in [5, 5.41) is 0. The van der Waals surface area contributed by atoms with Crippen LogP contribution in [0.1, 0.15) is 13.3 Å². The van der Waals surface area contributed by atoms with Crippen molar-refractivity contribution in [3.63, 3.8) is 0 Å². The van der Waals surface area contributed by atoms with Crippen molar-refractivity contribution in [1.82, 2.24) is 0 Å². The van der Waals surface area contributed by atoms with E-state index >= 15 is 0 Å². The smallest absolute Gasteiger partial charge is 0.237 e. The van der Waals surface area contributed by atoms with Gasteiger partial charge in [0.1, 0.15) is 0 Å². The summed E-state index contributed by atoms with van der Waals surface area (Å²) in [4.78, 5) is 26.2. The highest BCUT2D eigenvalue weighted by atomic mass is 31.2. The van der Waals surface area contributed by atoms with E-state index in [1.165, 1.54) is 0 Å². The molecule has 0 radical (unpaired) electrons. The summed E-state index contributed by atoms with van der Waals surface area (Å²) in [7, 11) is -2.30. The number of rotatable bonds is 2. The lowest BCUT2D eigenvalue weighted by Gasteiger charge is -1.92. The largest absolute Gasteiger partial charge is 0.345 e. The zero-order valence-electron chi connectivity index (χ0n) is 3.96. The van der Waals surface area contributed by atoms with Crippen LogP contribution in [0, 0.1) is 0 Å². The Bertz CT molecular complexity index is 70.6. The first-order valence-electron chi connectivity index (χ1n) is 1.89. The summed E-state index contributed by atoms with van der Waals surface area (Å²) in [6.07, 6.45) is 0.207. The van der Waals surface area contributed by atoms with Crippen LogP contribution in [0.2, 0.25) is 0 Å². The quantitative estimate of drug-likeness (QED) is 0.515. The predicted octanol–water partition coefficient (Wildman–Crippen LogP) is 0.219. The van der Waals surface area contributed by atoms with Crippen LogP contribution in [-0.2, 0) is 4.79 Å². The molecule has 42 valence electrons. The topological polar surface area (TPSA) is 57.5 Å². The van der Waals surface area contributed by atoms with Crippen LogP contribution >= 0.6 is 8.38 Å². The highest BCUT2D eigenvalue weighted by Crippen LogP contribution is 2.24. The first kappa shape index (κ1) is 7.02. The number of carbonyl (C=O) groups is 1. The second-order valence-electron chi connectivity index (χ2n) is 1.04. The fourth-order valence-electron chi connectivity index (χ4n) is 0.141. The summed E-state index contributed by atoms with van der Waals surface area (Å²) in [6.45, 7) is 1.59. The van der Waals surface area contributed by atoms with Gasteiger partial charge >= 0.3 is 0 Å². The van der Waals surface area contributed by atoms with Gasteiger partial charge in [-0.3, -0.25) is 4.79 Å². The predicted molar refractivity (Wildman–Crippen MR) is 26.7 cm³/mol. The van der Waals surface area contributed by atoms with Gasteiger partial charge in [-0.1, -0.05) is 6.92 Å². The molecule has 0 spiro atoms. The molecule has 7 heavy (non-hydrogen) atoms. The van der Waals surface area contributed by atoms with Gasteiger partial charge in [0.15, 0.2) is 0 Å². The Hall–Kier alpha value is 0.0200. The van der Waals surface area contributed by atoms with E-state index < -0.39 is 13.9 Å². The molecule has 0 aliphatic carbocycles. The minimum atomic E-state index is -2.30. The molecule has 0 fully saturated rings. The van der Waals surface area contributed by atoms with Crippen LogP contribution in [0.25, 0.3) is 0 Å². The standard InChI is InChI=1S/C3H7O3P/c1-2-3(4)7(5)6/h5-6H,2H2,1H3. The van der Waals surface area contributed by atoms with E-state index in [-0.39, 0.29) is 6.42 Å². The zero-order valence-corrected chi connectivity index (χ0v) is 4.85. The molecule has 0 amide bonds. The monoisotopic (exact) mass is 122 g/mol. The van der Waals surface area contributed by atoms with Crippen LogP contribution in [0.5, 0.6) is 0 Å². The van der Waals surface area contributed by atoms with E-state index in [9.17, 15) is 4.79 Å². The van der Waals surface area contributed by atoms with Crippen LogP contribution in [0.4, 0.5) is 0 Å². The van der Waals surface area contributed by atoms with E-state index in [4.69, 9.17) is 9.79 Å². The third-order valence-electron chi connectivity index (χ3n) is 0.526. The summed E-state index contributed by atoms with van der Waals surface area (Å²) in [5.74, 6) is 0. The molecule has 0 aliphatic rings. The second-order valence-corrected chi connectivity index (χ2v) is 2.11. The molecule has 0 bridgehead atoms. The maximum atomic E-state index is 10.0. The van der Waals surface area contributed by atoms with Crippen molar-refractivity contribution in [3.8, 4) is 0 Å². The number of hydrogen-bond acceptors (Lipinski definition) is 3. The lowest BCUT2D eigenvalue weighted by atomic mass is 10.6. The average molecular weight is 122 g/mol. The molecule has 4 heteroatoms. The first-order chi connectivity index (χ1) is 3.18. The highest BCUT2D eigenvalue weighted by Gasteiger charge is 2.06. The van der Waals surface area contributed by atoms with Crippen molar-refractivity contribution in [2.45, 2.75) is 13.3 Å². The van der Waals surface area contributed by atoms with Crippen LogP contribution in [0.15, 0.2) is 0 Å². The van der Waals surface area contributed by atoms with Crippen LogP contribution in [0.3, 0.4) is 0 Å². The van der Waals surface area contributed by atoms with Crippen molar-refractivity contribution in [3.05, 3.63) is 0 Å². The lowest BCUT2D eigenvalue weighted by Crippen LogP contribution is -1.89. The fraction of sp³-hybridized carbons (Fsp3) is 0.667. The van der Waals surface area contributed by atoms with Gasteiger partial charge in [0.2, 0.25) is 13.9 Å². The van der Waals surface area contributed by atoms with E-state index in [0.717, 1.165) is 0 Å². The second kappa shape index (κ2) is 3.08. The molecule has 0 saturated carbocycles. The van der Waals surface area contributed by atoms with Crippen molar-refractivity contribution < 1.29 is 14.6 Å². The Kier molecular flexibility index (Phi) is 3.09. The normalized spacial score (nSPS) is 9.71. The van der Waals surface area contributed by atoms with Gasteiger partial charge in [-0.25, -0.2) is 0 Å². The Morgan fingerprint density at radius 1 is 1.71 bits per heavy atom. The van der Waals surface area contributed by atoms with Gasteiger partial charge in [-0.2, -0.15) is 0 Å². The van der Waals surface area contributed by atoms with Crippen molar-refractivity contribution in [2.75, 3.05) is 0 Å². The molecular weight excluding hydrogens is 115 g/mol. The molecule has 0 saturated heterocycles. The summed E-state index contributed by atoms with van der Waals surface area (Å²) in [5.41, 5.74) is -0.477. The Labute approximate surface area is 42.9 Å². The van der Waals surface area contributed by atoms with E-state index in [1.54, 1.807) is 6.92 Å². The molecule has 0 aromatic rings. The lowest BCUT2D eigenvalue weighted by molar-refractivity contribution is -0.112. The fourth-order valence-corrected chi connectivity index (χ4v) is 0.424. The molecule has 0 aromatic heterocycles. The Balaban J connectivity index is 3.35. The van der Waals surface area contributed by atoms with Gasteiger partial charge in [0.05, 0.1) is 0 Å². The summed E-state index contributed by atoms with van der Waals surface area (Å²) < 4.78 is 0. The third kappa shape index (κ3) is 2.68. The molecule has 0 heterocycles. The summed E-state index contributed by atoms with van der Waals surface area (Å²) in [6, 6.07) is 0. The molecule has 0 unspecified atom stereocenters. The van der Waals surface area contributed by atoms with Gasteiger partial charge in [-0.15, -0.1) is 0 Å². The Morgan fingerprint density at radius 2 is 2.14 bits per heavy atom. The van der Waals surface area contributed by atoms with Crippen LogP contribution in [-0.4, -0.2) is 15.3 Å². The SMILES string of the molecule is CCC(=O)P(O)O. The third-order valence-corrected chi connectivity index (χ3v) is 1.29. The molecule has 0 atom stereocenters. The molecule has 0 rings (SSSR count). The van der Waals surface area contributed by atoms with E-state index in [2.05, 4.69) is 0 Å². The van der Waals surface area contributed by atoms with Gasteiger partial charge in [0.25, 0.3) is 0 Å². The van der Waals surface area contributed by atoms with Gasteiger partial charge < -0.3 is 9.79 Å². The maximum absolute atomic E-state index is 10.0. The van der Waals surface area contributed by atoms with Crippen LogP contribution < -0.4 is 0 Å². The minimum absolute atomic E-state index is 0.207. The highest BCUT2D eigenvalue weighted by molar-refractivity contribution is 7.64. The summed E-state index contributed by atoms with van der Waals surface area (Å²) >= 11 is 0. The molecule has 0 aromatic carbocycles. The number of carbonyl (C=O) groups excluding carboxylic acids is 1. The molecule has 2 N–H and O–H groups in total. The Morgan fingerprint density at radius 3 is 2.14 bits per heavy atom. The minimum Gasteiger partial charge on any atom is -0.345 e. The molecular formula is C3H7O3P. The van der Waals surface area contributed by atoms with Crippen molar-refractivity contribution in [1.29, 1.82) is 0 Å². The van der Waals surface area contributed by atoms with Gasteiger partial charge in [-0.05, 0) is 0 Å². The average Bonchev–Trinajstić information content (AvgIpc) is 1.65.